The van der Waals surface area contributed by atoms with Crippen molar-refractivity contribution in [3.63, 3.8) is 0 Å². The number of hydrogen-bond acceptors (Lipinski definition) is 3. The molecule has 2 aromatic rings. The lowest BCUT2D eigenvalue weighted by Gasteiger charge is -2.22. The maximum atomic E-state index is 13.6. The largest absolute Gasteiger partial charge is 0.325 e. The van der Waals surface area contributed by atoms with Gasteiger partial charge in [0.15, 0.2) is 17.4 Å². The van der Waals surface area contributed by atoms with Crippen molar-refractivity contribution in [2.45, 2.75) is 40.2 Å². The molecule has 5 nitrogen and oxygen atoms in total. The molecule has 1 saturated heterocycles. The predicted molar refractivity (Wildman–Crippen MR) is 104 cm³/mol. The monoisotopic (exact) mass is 400 g/mol. The standard InChI is InChI=1S/C22H22F2N2O3/c1-11-8-16(14(4)13(3)12(11)2)19(27)10-26-20(28)22(5,25-21(26)29)15-6-7-17(23)18(24)9-15/h6-9H,10H2,1-5H3,(H,25,29). The fourth-order valence-corrected chi connectivity index (χ4v) is 3.57. The summed E-state index contributed by atoms with van der Waals surface area (Å²) in [7, 11) is 0. The normalized spacial score (nSPS) is 18.9. The van der Waals surface area contributed by atoms with E-state index >= 15 is 0 Å². The number of imide groups is 1. The lowest BCUT2D eigenvalue weighted by Crippen LogP contribution is -2.41. The quantitative estimate of drug-likeness (QED) is 0.626. The van der Waals surface area contributed by atoms with Crippen LogP contribution in [0, 0.1) is 39.3 Å². The van der Waals surface area contributed by atoms with Crippen molar-refractivity contribution in [1.29, 1.82) is 0 Å². The molecule has 1 fully saturated rings. The number of nitrogens with zero attached hydrogens (tertiary/aromatic N) is 1. The van der Waals surface area contributed by atoms with Gasteiger partial charge in [-0.3, -0.25) is 14.5 Å². The summed E-state index contributed by atoms with van der Waals surface area (Å²) in [5.41, 5.74) is 2.78. The molecule has 0 bridgehead atoms. The summed E-state index contributed by atoms with van der Waals surface area (Å²) in [5.74, 6) is -3.24. The van der Waals surface area contributed by atoms with Crippen LogP contribution in [0.5, 0.6) is 0 Å². The minimum absolute atomic E-state index is 0.0999. The summed E-state index contributed by atoms with van der Waals surface area (Å²) in [4.78, 5) is 39.1. The zero-order chi connectivity index (χ0) is 21.7. The van der Waals surface area contributed by atoms with Crippen molar-refractivity contribution in [3.8, 4) is 0 Å². The molecule has 1 aliphatic heterocycles. The number of hydrogen-bond donors (Lipinski definition) is 1. The van der Waals surface area contributed by atoms with Gasteiger partial charge in [-0.1, -0.05) is 6.07 Å². The highest BCUT2D eigenvalue weighted by Gasteiger charge is 2.49. The minimum atomic E-state index is -1.58. The van der Waals surface area contributed by atoms with Crippen molar-refractivity contribution in [2.75, 3.05) is 6.54 Å². The Morgan fingerprint density at radius 3 is 2.28 bits per heavy atom. The zero-order valence-corrected chi connectivity index (χ0v) is 16.9. The molecule has 1 atom stereocenters. The maximum Gasteiger partial charge on any atom is 0.325 e. The van der Waals surface area contributed by atoms with E-state index in [-0.39, 0.29) is 11.3 Å². The number of urea groups is 1. The van der Waals surface area contributed by atoms with Gasteiger partial charge in [-0.05, 0) is 80.6 Å². The Balaban J connectivity index is 1.91. The topological polar surface area (TPSA) is 66.5 Å². The van der Waals surface area contributed by atoms with E-state index in [9.17, 15) is 23.2 Å². The summed E-state index contributed by atoms with van der Waals surface area (Å²) >= 11 is 0. The number of nitrogens with one attached hydrogen (secondary N) is 1. The van der Waals surface area contributed by atoms with E-state index in [1.54, 1.807) is 6.07 Å². The first-order valence-electron chi connectivity index (χ1n) is 9.17. The molecule has 0 aromatic heterocycles. The number of benzene rings is 2. The van der Waals surface area contributed by atoms with Gasteiger partial charge in [0, 0.05) is 5.56 Å². The van der Waals surface area contributed by atoms with Gasteiger partial charge in [0.05, 0.1) is 6.54 Å². The molecule has 3 amide bonds. The summed E-state index contributed by atoms with van der Waals surface area (Å²) in [6.07, 6.45) is 0. The number of amides is 3. The molecular weight excluding hydrogens is 378 g/mol. The number of halogens is 2. The van der Waals surface area contributed by atoms with Crippen molar-refractivity contribution in [1.82, 2.24) is 10.2 Å². The van der Waals surface area contributed by atoms with Crippen LogP contribution in [-0.2, 0) is 10.3 Å². The van der Waals surface area contributed by atoms with E-state index in [0.717, 1.165) is 39.3 Å². The van der Waals surface area contributed by atoms with Gasteiger partial charge in [-0.25, -0.2) is 13.6 Å². The van der Waals surface area contributed by atoms with Gasteiger partial charge in [0.2, 0.25) is 0 Å². The lowest BCUT2D eigenvalue weighted by atomic mass is 9.91. The first-order valence-corrected chi connectivity index (χ1v) is 9.17. The van der Waals surface area contributed by atoms with E-state index in [4.69, 9.17) is 0 Å². The fraction of sp³-hybridized carbons (Fsp3) is 0.318. The van der Waals surface area contributed by atoms with Crippen LogP contribution in [0.25, 0.3) is 0 Å². The van der Waals surface area contributed by atoms with E-state index in [0.29, 0.717) is 5.56 Å². The highest BCUT2D eigenvalue weighted by Crippen LogP contribution is 2.30. The Labute approximate surface area is 167 Å². The molecule has 152 valence electrons. The third-order valence-electron chi connectivity index (χ3n) is 5.86. The third-order valence-corrected chi connectivity index (χ3v) is 5.86. The van der Waals surface area contributed by atoms with Crippen molar-refractivity contribution in [2.24, 2.45) is 0 Å². The van der Waals surface area contributed by atoms with Gasteiger partial charge in [-0.2, -0.15) is 0 Å². The molecule has 0 saturated carbocycles. The summed E-state index contributed by atoms with van der Waals surface area (Å²) in [5, 5.41) is 2.49. The number of ketones is 1. The van der Waals surface area contributed by atoms with E-state index in [1.807, 2.05) is 27.7 Å². The Bertz CT molecular complexity index is 1060. The molecular formula is C22H22F2N2O3. The van der Waals surface area contributed by atoms with E-state index < -0.39 is 35.7 Å². The van der Waals surface area contributed by atoms with E-state index in [2.05, 4.69) is 5.32 Å². The third kappa shape index (κ3) is 3.30. The van der Waals surface area contributed by atoms with Crippen molar-refractivity contribution in [3.05, 3.63) is 69.3 Å². The molecule has 1 N–H and O–H groups in total. The average molecular weight is 400 g/mol. The zero-order valence-electron chi connectivity index (χ0n) is 16.9. The minimum Gasteiger partial charge on any atom is -0.319 e. The van der Waals surface area contributed by atoms with Gasteiger partial charge in [0.1, 0.15) is 5.54 Å². The Morgan fingerprint density at radius 2 is 1.66 bits per heavy atom. The number of carbonyl (C=O) groups excluding carboxylic acids is 3. The van der Waals surface area contributed by atoms with Crippen LogP contribution in [0.4, 0.5) is 13.6 Å². The second kappa shape index (κ2) is 7.06. The maximum absolute atomic E-state index is 13.6. The summed E-state index contributed by atoms with van der Waals surface area (Å²) in [6.45, 7) is 8.57. The van der Waals surface area contributed by atoms with Crippen LogP contribution in [0.15, 0.2) is 24.3 Å². The van der Waals surface area contributed by atoms with Gasteiger partial charge in [-0.15, -0.1) is 0 Å². The smallest absolute Gasteiger partial charge is 0.319 e. The van der Waals surface area contributed by atoms with Crippen LogP contribution in [-0.4, -0.2) is 29.2 Å². The second-order valence-electron chi connectivity index (χ2n) is 7.61. The van der Waals surface area contributed by atoms with E-state index in [1.165, 1.54) is 13.0 Å². The van der Waals surface area contributed by atoms with Crippen molar-refractivity contribution >= 4 is 17.7 Å². The first kappa shape index (κ1) is 20.6. The molecule has 0 radical (unpaired) electrons. The van der Waals surface area contributed by atoms with Crippen LogP contribution in [0.3, 0.4) is 0 Å². The molecule has 7 heteroatoms. The Hall–Kier alpha value is -3.09. The SMILES string of the molecule is Cc1cc(C(=O)CN2C(=O)NC(C)(c3ccc(F)c(F)c3)C2=O)c(C)c(C)c1C. The predicted octanol–water partition coefficient (Wildman–Crippen LogP) is 3.85. The molecule has 1 aliphatic rings. The van der Waals surface area contributed by atoms with Crippen LogP contribution in [0.2, 0.25) is 0 Å². The van der Waals surface area contributed by atoms with Crippen LogP contribution in [0.1, 0.15) is 45.1 Å². The second-order valence-corrected chi connectivity index (χ2v) is 7.61. The molecule has 3 rings (SSSR count). The number of rotatable bonds is 4. The first-order chi connectivity index (χ1) is 13.5. The van der Waals surface area contributed by atoms with Gasteiger partial charge in [0.25, 0.3) is 5.91 Å². The van der Waals surface area contributed by atoms with Gasteiger partial charge < -0.3 is 5.32 Å². The molecule has 2 aromatic carbocycles. The average Bonchev–Trinajstić information content (AvgIpc) is 2.89. The summed E-state index contributed by atoms with van der Waals surface area (Å²) < 4.78 is 26.9. The molecule has 1 heterocycles. The molecule has 1 unspecified atom stereocenters. The molecule has 0 aliphatic carbocycles. The fourth-order valence-electron chi connectivity index (χ4n) is 3.57. The van der Waals surface area contributed by atoms with Crippen molar-refractivity contribution < 1.29 is 23.2 Å². The molecule has 0 spiro atoms. The van der Waals surface area contributed by atoms with Gasteiger partial charge >= 0.3 is 6.03 Å². The number of aryl methyl sites for hydroxylation is 1. The molecule has 29 heavy (non-hydrogen) atoms. The number of Topliss-reactive ketones (excluding diaryl/α,β-unsaturated/α-hetero) is 1. The highest BCUT2D eigenvalue weighted by molar-refractivity contribution is 6.11. The summed E-state index contributed by atoms with van der Waals surface area (Å²) in [6, 6.07) is 4.00. The van der Waals surface area contributed by atoms with Crippen LogP contribution >= 0.6 is 0 Å². The lowest BCUT2D eigenvalue weighted by molar-refractivity contribution is -0.130. The Kier molecular flexibility index (Phi) is 5.03. The Morgan fingerprint density at radius 1 is 1.00 bits per heavy atom. The van der Waals surface area contributed by atoms with Crippen LogP contribution < -0.4 is 5.32 Å². The highest BCUT2D eigenvalue weighted by atomic mass is 19.2. The number of carbonyl (C=O) groups is 3.